The number of carboxylic acid groups (broad SMARTS) is 1. The lowest BCUT2D eigenvalue weighted by Crippen LogP contribution is -2.45. The second-order valence-electron chi connectivity index (χ2n) is 4.04. The summed E-state index contributed by atoms with van der Waals surface area (Å²) in [6.45, 7) is 3.85. The van der Waals surface area contributed by atoms with E-state index in [2.05, 4.69) is 10.1 Å². The minimum atomic E-state index is -1.11. The maximum Gasteiger partial charge on any atom is 0.334 e. The van der Waals surface area contributed by atoms with Gasteiger partial charge in [-0.15, -0.1) is 0 Å². The molecule has 0 saturated carbocycles. The summed E-state index contributed by atoms with van der Waals surface area (Å²) in [7, 11) is 1.28. The number of nitrogens with one attached hydrogen (secondary N) is 1. The van der Waals surface area contributed by atoms with Crippen LogP contribution in [0.3, 0.4) is 0 Å². The molecule has 4 N–H and O–H groups in total. The van der Waals surface area contributed by atoms with Crippen LogP contribution in [0.4, 0.5) is 0 Å². The molecule has 0 spiro atoms. The Morgan fingerprint density at radius 2 is 2.00 bits per heavy atom. The van der Waals surface area contributed by atoms with Crippen molar-refractivity contribution >= 4 is 11.9 Å². The van der Waals surface area contributed by atoms with Gasteiger partial charge in [-0.2, -0.15) is 0 Å². The predicted octanol–water partition coefficient (Wildman–Crippen LogP) is -0.424. The number of hydrogen-bond acceptors (Lipinski definition) is 4. The van der Waals surface area contributed by atoms with E-state index >= 15 is 0 Å². The van der Waals surface area contributed by atoms with E-state index in [4.69, 9.17) is 10.8 Å². The van der Waals surface area contributed by atoms with Crippen LogP contribution in [0.1, 0.15) is 20.3 Å². The minimum Gasteiger partial charge on any atom is -0.479 e. The zero-order chi connectivity index (χ0) is 12.7. The van der Waals surface area contributed by atoms with Crippen molar-refractivity contribution in [2.75, 3.05) is 13.7 Å². The average molecular weight is 232 g/mol. The fourth-order valence-electron chi connectivity index (χ4n) is 1.21. The van der Waals surface area contributed by atoms with Crippen molar-refractivity contribution in [1.82, 2.24) is 5.32 Å². The van der Waals surface area contributed by atoms with E-state index in [1.54, 1.807) is 0 Å². The van der Waals surface area contributed by atoms with Gasteiger partial charge in [0, 0.05) is 7.11 Å². The number of amides is 1. The van der Waals surface area contributed by atoms with Crippen LogP contribution in [0.5, 0.6) is 0 Å². The Morgan fingerprint density at radius 1 is 1.44 bits per heavy atom. The number of hydrogen-bond donors (Lipinski definition) is 3. The van der Waals surface area contributed by atoms with Crippen LogP contribution in [0, 0.1) is 5.92 Å². The van der Waals surface area contributed by atoms with Crippen LogP contribution in [-0.4, -0.2) is 42.8 Å². The van der Waals surface area contributed by atoms with Gasteiger partial charge in [-0.05, 0) is 12.3 Å². The smallest absolute Gasteiger partial charge is 0.334 e. The summed E-state index contributed by atoms with van der Waals surface area (Å²) in [5, 5.41) is 11.1. The van der Waals surface area contributed by atoms with Gasteiger partial charge in [0.05, 0.1) is 12.6 Å². The van der Waals surface area contributed by atoms with E-state index in [1.807, 2.05) is 13.8 Å². The summed E-state index contributed by atoms with van der Waals surface area (Å²) in [6, 6.07) is -0.605. The third-order valence-electron chi connectivity index (χ3n) is 2.08. The van der Waals surface area contributed by atoms with Crippen LogP contribution in [0.2, 0.25) is 0 Å². The highest BCUT2D eigenvalue weighted by Crippen LogP contribution is 2.02. The SMILES string of the molecule is COC(CNC(=O)[C@H](N)CC(C)C)C(=O)O. The monoisotopic (exact) mass is 232 g/mol. The molecule has 0 aromatic heterocycles. The van der Waals surface area contributed by atoms with Crippen molar-refractivity contribution < 1.29 is 19.4 Å². The number of nitrogens with two attached hydrogens (primary N) is 1. The van der Waals surface area contributed by atoms with Crippen LogP contribution in [0.15, 0.2) is 0 Å². The number of carbonyl (C=O) groups excluding carboxylic acids is 1. The summed E-state index contributed by atoms with van der Waals surface area (Å²) >= 11 is 0. The van der Waals surface area contributed by atoms with Crippen molar-refractivity contribution in [3.05, 3.63) is 0 Å². The minimum absolute atomic E-state index is 0.0730. The van der Waals surface area contributed by atoms with Crippen LogP contribution >= 0.6 is 0 Å². The van der Waals surface area contributed by atoms with Crippen molar-refractivity contribution in [3.63, 3.8) is 0 Å². The summed E-state index contributed by atoms with van der Waals surface area (Å²) in [5.74, 6) is -1.14. The third-order valence-corrected chi connectivity index (χ3v) is 2.08. The first-order valence-electron chi connectivity index (χ1n) is 5.17. The molecule has 2 atom stereocenters. The van der Waals surface area contributed by atoms with Crippen molar-refractivity contribution in [2.45, 2.75) is 32.4 Å². The molecule has 0 fully saturated rings. The highest BCUT2D eigenvalue weighted by atomic mass is 16.5. The van der Waals surface area contributed by atoms with Gasteiger partial charge in [-0.25, -0.2) is 4.79 Å². The molecule has 0 radical (unpaired) electrons. The van der Waals surface area contributed by atoms with Crippen molar-refractivity contribution in [1.29, 1.82) is 0 Å². The second-order valence-corrected chi connectivity index (χ2v) is 4.04. The topological polar surface area (TPSA) is 102 Å². The number of methoxy groups -OCH3 is 1. The number of rotatable bonds is 7. The Hall–Kier alpha value is -1.14. The summed E-state index contributed by atoms with van der Waals surface area (Å²) < 4.78 is 4.67. The number of carboxylic acids is 1. The lowest BCUT2D eigenvalue weighted by molar-refractivity contribution is -0.148. The van der Waals surface area contributed by atoms with Gasteiger partial charge in [0.1, 0.15) is 0 Å². The molecule has 0 aliphatic rings. The molecule has 1 unspecified atom stereocenters. The fraction of sp³-hybridized carbons (Fsp3) is 0.800. The van der Waals surface area contributed by atoms with Gasteiger partial charge in [-0.1, -0.05) is 13.8 Å². The first-order valence-corrected chi connectivity index (χ1v) is 5.17. The average Bonchev–Trinajstić information content (AvgIpc) is 2.16. The van der Waals surface area contributed by atoms with Crippen LogP contribution in [-0.2, 0) is 14.3 Å². The quantitative estimate of drug-likeness (QED) is 0.553. The highest BCUT2D eigenvalue weighted by molar-refractivity contribution is 5.82. The molecule has 16 heavy (non-hydrogen) atoms. The summed E-state index contributed by atoms with van der Waals surface area (Å²) in [5.41, 5.74) is 5.62. The zero-order valence-corrected chi connectivity index (χ0v) is 9.90. The Kier molecular flexibility index (Phi) is 6.67. The molecule has 0 aliphatic heterocycles. The molecule has 0 saturated heterocycles. The highest BCUT2D eigenvalue weighted by Gasteiger charge is 2.20. The van der Waals surface area contributed by atoms with Crippen LogP contribution in [0.25, 0.3) is 0 Å². The molecule has 0 rings (SSSR count). The third kappa shape index (κ3) is 5.67. The molecule has 0 aromatic carbocycles. The maximum atomic E-state index is 11.4. The zero-order valence-electron chi connectivity index (χ0n) is 9.90. The van der Waals surface area contributed by atoms with Gasteiger partial charge >= 0.3 is 5.97 Å². The largest absolute Gasteiger partial charge is 0.479 e. The maximum absolute atomic E-state index is 11.4. The van der Waals surface area contributed by atoms with Gasteiger partial charge < -0.3 is 20.9 Å². The Bertz CT molecular complexity index is 243. The van der Waals surface area contributed by atoms with E-state index in [1.165, 1.54) is 7.11 Å². The first kappa shape index (κ1) is 14.9. The number of ether oxygens (including phenoxy) is 1. The molecule has 0 heterocycles. The predicted molar refractivity (Wildman–Crippen MR) is 58.9 cm³/mol. The first-order chi connectivity index (χ1) is 7.38. The number of carbonyl (C=O) groups is 2. The normalized spacial score (nSPS) is 14.6. The number of aliphatic carboxylic acids is 1. The molecule has 6 heteroatoms. The van der Waals surface area contributed by atoms with Crippen molar-refractivity contribution in [3.8, 4) is 0 Å². The van der Waals surface area contributed by atoms with E-state index in [0.29, 0.717) is 12.3 Å². The van der Waals surface area contributed by atoms with Gasteiger partial charge in [0.2, 0.25) is 5.91 Å². The molecule has 1 amide bonds. The lowest BCUT2D eigenvalue weighted by Gasteiger charge is -2.16. The molecule has 6 nitrogen and oxygen atoms in total. The standard InChI is InChI=1S/C10H20N2O4/c1-6(2)4-7(11)9(13)12-5-8(16-3)10(14)15/h6-8H,4-5,11H2,1-3H3,(H,12,13)(H,14,15)/t7-,8?/m1/s1. The second kappa shape index (κ2) is 7.19. The van der Waals surface area contributed by atoms with E-state index in [9.17, 15) is 9.59 Å². The molecule has 94 valence electrons. The summed E-state index contributed by atoms with van der Waals surface area (Å²) in [4.78, 5) is 22.0. The Morgan fingerprint density at radius 3 is 2.38 bits per heavy atom. The van der Waals surface area contributed by atoms with E-state index in [0.717, 1.165) is 0 Å². The Balaban J connectivity index is 4.00. The molecule has 0 bridgehead atoms. The fourth-order valence-corrected chi connectivity index (χ4v) is 1.21. The molecular weight excluding hydrogens is 212 g/mol. The van der Waals surface area contributed by atoms with Crippen molar-refractivity contribution in [2.24, 2.45) is 11.7 Å². The van der Waals surface area contributed by atoms with Gasteiger partial charge in [0.25, 0.3) is 0 Å². The summed E-state index contributed by atoms with van der Waals surface area (Å²) in [6.07, 6.45) is -0.466. The molecular formula is C10H20N2O4. The Labute approximate surface area is 95.1 Å². The lowest BCUT2D eigenvalue weighted by atomic mass is 10.0. The van der Waals surface area contributed by atoms with E-state index < -0.39 is 18.1 Å². The van der Waals surface area contributed by atoms with Gasteiger partial charge in [-0.3, -0.25) is 4.79 Å². The van der Waals surface area contributed by atoms with Crippen LogP contribution < -0.4 is 11.1 Å². The van der Waals surface area contributed by atoms with Gasteiger partial charge in [0.15, 0.2) is 6.10 Å². The molecule has 0 aliphatic carbocycles. The van der Waals surface area contributed by atoms with E-state index in [-0.39, 0.29) is 12.5 Å². The molecule has 0 aromatic rings.